The molecule has 8 heteroatoms. The zero-order chi connectivity index (χ0) is 22.9. The van der Waals surface area contributed by atoms with Crippen LogP contribution in [0.15, 0.2) is 48.7 Å². The second-order valence-electron chi connectivity index (χ2n) is 8.42. The van der Waals surface area contributed by atoms with Crippen LogP contribution >= 0.6 is 0 Å². The number of ether oxygens (including phenoxy) is 1. The van der Waals surface area contributed by atoms with Gasteiger partial charge in [-0.15, -0.1) is 0 Å². The van der Waals surface area contributed by atoms with Gasteiger partial charge in [0.1, 0.15) is 23.1 Å². The van der Waals surface area contributed by atoms with Gasteiger partial charge in [-0.1, -0.05) is 6.07 Å². The molecular weight excluding hydrogens is 426 g/mol. The molecule has 6 nitrogen and oxygen atoms in total. The van der Waals surface area contributed by atoms with Crippen LogP contribution in [0, 0.1) is 17.6 Å². The lowest BCUT2D eigenvalue weighted by molar-refractivity contribution is 0.0988. The quantitative estimate of drug-likeness (QED) is 0.579. The Morgan fingerprint density at radius 2 is 2.09 bits per heavy atom. The Bertz CT molecular complexity index is 1200. The zero-order valence-corrected chi connectivity index (χ0v) is 18.2. The molecule has 2 saturated heterocycles. The first-order valence-electron chi connectivity index (χ1n) is 11.0. The van der Waals surface area contributed by atoms with Gasteiger partial charge < -0.3 is 15.0 Å². The number of methoxy groups -OCH3 is 1. The molecule has 0 spiro atoms. The molecule has 5 rings (SSSR count). The van der Waals surface area contributed by atoms with Crippen LogP contribution in [-0.4, -0.2) is 48.5 Å². The number of hydrogen-bond donors (Lipinski definition) is 1. The summed E-state index contributed by atoms with van der Waals surface area (Å²) in [6.07, 6.45) is 2.48. The maximum atomic E-state index is 14.5. The average molecular weight is 450 g/mol. The van der Waals surface area contributed by atoms with Crippen LogP contribution < -0.4 is 15.0 Å². The molecule has 3 heterocycles. The maximum absolute atomic E-state index is 14.5. The number of carbonyl (C=O) groups is 1. The molecule has 0 amide bonds. The molecule has 0 aliphatic carbocycles. The number of rotatable bonds is 6. The van der Waals surface area contributed by atoms with Crippen molar-refractivity contribution in [2.24, 2.45) is 5.92 Å². The van der Waals surface area contributed by atoms with Gasteiger partial charge in [0, 0.05) is 44.0 Å². The van der Waals surface area contributed by atoms with Crippen LogP contribution in [0.2, 0.25) is 0 Å². The summed E-state index contributed by atoms with van der Waals surface area (Å²) in [6, 6.07) is 10.9. The minimum atomic E-state index is -0.542. The number of Topliss-reactive ketones (excluding diaryl/α,β-unsaturated/α-hetero) is 1. The second kappa shape index (κ2) is 8.86. The van der Waals surface area contributed by atoms with E-state index < -0.39 is 5.82 Å². The molecule has 3 aromatic rings. The van der Waals surface area contributed by atoms with Gasteiger partial charge in [-0.05, 0) is 54.3 Å². The van der Waals surface area contributed by atoms with Crippen molar-refractivity contribution in [3.8, 4) is 17.1 Å². The summed E-state index contributed by atoms with van der Waals surface area (Å²) in [4.78, 5) is 23.9. The third kappa shape index (κ3) is 4.06. The number of benzene rings is 2. The number of nitrogens with one attached hydrogen (secondary N) is 1. The van der Waals surface area contributed by atoms with E-state index in [1.807, 2.05) is 0 Å². The van der Waals surface area contributed by atoms with Crippen LogP contribution in [0.1, 0.15) is 22.5 Å². The summed E-state index contributed by atoms with van der Waals surface area (Å²) >= 11 is 0. The van der Waals surface area contributed by atoms with E-state index in [0.29, 0.717) is 17.5 Å². The first-order chi connectivity index (χ1) is 16.0. The van der Waals surface area contributed by atoms with Crippen LogP contribution in [0.25, 0.3) is 11.4 Å². The largest absolute Gasteiger partial charge is 0.496 e. The van der Waals surface area contributed by atoms with Crippen molar-refractivity contribution >= 4 is 11.5 Å². The maximum Gasteiger partial charge on any atom is 0.185 e. The molecule has 170 valence electrons. The smallest absolute Gasteiger partial charge is 0.185 e. The predicted octanol–water partition coefficient (Wildman–Crippen LogP) is 3.65. The Hall–Kier alpha value is -3.39. The van der Waals surface area contributed by atoms with Gasteiger partial charge in [0.05, 0.1) is 12.7 Å². The molecule has 2 aliphatic rings. The number of nitrogens with zero attached hydrogens (tertiary/aromatic N) is 3. The van der Waals surface area contributed by atoms with E-state index in [-0.39, 0.29) is 40.9 Å². The summed E-state index contributed by atoms with van der Waals surface area (Å²) in [5, 5.41) is 3.42. The Kier molecular flexibility index (Phi) is 5.76. The summed E-state index contributed by atoms with van der Waals surface area (Å²) < 4.78 is 33.9. The summed E-state index contributed by atoms with van der Waals surface area (Å²) in [5.74, 6) is -0.309. The van der Waals surface area contributed by atoms with Gasteiger partial charge in [0.2, 0.25) is 0 Å². The van der Waals surface area contributed by atoms with Gasteiger partial charge in [0.25, 0.3) is 0 Å². The topological polar surface area (TPSA) is 67.3 Å². The van der Waals surface area contributed by atoms with Gasteiger partial charge in [-0.2, -0.15) is 0 Å². The van der Waals surface area contributed by atoms with E-state index in [1.165, 1.54) is 43.6 Å². The summed E-state index contributed by atoms with van der Waals surface area (Å²) in [7, 11) is 1.43. The highest BCUT2D eigenvalue weighted by atomic mass is 19.1. The normalized spacial score (nSPS) is 19.5. The van der Waals surface area contributed by atoms with E-state index in [1.54, 1.807) is 12.1 Å². The second-order valence-corrected chi connectivity index (χ2v) is 8.42. The minimum Gasteiger partial charge on any atom is -0.496 e. The predicted molar refractivity (Wildman–Crippen MR) is 121 cm³/mol. The molecule has 2 unspecified atom stereocenters. The lowest BCUT2D eigenvalue weighted by Crippen LogP contribution is -2.35. The molecule has 2 aromatic carbocycles. The monoisotopic (exact) mass is 450 g/mol. The minimum absolute atomic E-state index is 0.0146. The average Bonchev–Trinajstić information content (AvgIpc) is 3.43. The molecule has 0 bridgehead atoms. The van der Waals surface area contributed by atoms with E-state index >= 15 is 0 Å². The Morgan fingerprint density at radius 1 is 1.21 bits per heavy atom. The lowest BCUT2D eigenvalue weighted by Gasteiger charge is -2.28. The highest BCUT2D eigenvalue weighted by Crippen LogP contribution is 2.35. The fourth-order valence-electron chi connectivity index (χ4n) is 4.91. The first-order valence-corrected chi connectivity index (χ1v) is 11.0. The number of halogens is 2. The Labute approximate surface area is 190 Å². The molecule has 0 saturated carbocycles. The van der Waals surface area contributed by atoms with E-state index in [0.717, 1.165) is 31.7 Å². The molecule has 2 atom stereocenters. The van der Waals surface area contributed by atoms with Crippen LogP contribution in [0.4, 0.5) is 14.5 Å². The van der Waals surface area contributed by atoms with Crippen LogP contribution in [0.3, 0.4) is 0 Å². The van der Waals surface area contributed by atoms with Gasteiger partial charge in [-0.25, -0.2) is 18.7 Å². The molecule has 1 N–H and O–H groups in total. The molecule has 0 radical (unpaired) electrons. The number of fused-ring (bicyclic) bond motifs is 1. The molecule has 33 heavy (non-hydrogen) atoms. The van der Waals surface area contributed by atoms with Crippen molar-refractivity contribution in [1.29, 1.82) is 0 Å². The number of hydrogen-bond acceptors (Lipinski definition) is 6. The van der Waals surface area contributed by atoms with E-state index in [9.17, 15) is 13.6 Å². The third-order valence-electron chi connectivity index (χ3n) is 6.51. The lowest BCUT2D eigenvalue weighted by atomic mass is 10.0. The molecule has 1 aromatic heterocycles. The van der Waals surface area contributed by atoms with E-state index in [2.05, 4.69) is 20.2 Å². The van der Waals surface area contributed by atoms with Crippen molar-refractivity contribution in [2.75, 3.05) is 31.6 Å². The standard InChI is InChI=1S/C25H24F2N4O2/c1-33-23-4-2-3-18(27)24(23)25-29-9-7-19(30-25)22(32)12-16-11-17(26)5-6-20(16)31-10-8-15-13-28-14-21(15)31/h2-7,9,11,15,21,28H,8,10,12-14H2,1H3. The van der Waals surface area contributed by atoms with Crippen molar-refractivity contribution < 1.29 is 18.3 Å². The molecule has 2 fully saturated rings. The van der Waals surface area contributed by atoms with E-state index in [4.69, 9.17) is 4.74 Å². The van der Waals surface area contributed by atoms with Gasteiger partial charge in [0.15, 0.2) is 11.6 Å². The Balaban J connectivity index is 1.45. The SMILES string of the molecule is COc1cccc(F)c1-c1nccc(C(=O)Cc2cc(F)ccc2N2CCC3CNCC32)n1. The van der Waals surface area contributed by atoms with Crippen molar-refractivity contribution in [2.45, 2.75) is 18.9 Å². The third-order valence-corrected chi connectivity index (χ3v) is 6.51. The molecule has 2 aliphatic heterocycles. The van der Waals surface area contributed by atoms with Crippen LogP contribution in [0.5, 0.6) is 5.75 Å². The van der Waals surface area contributed by atoms with Crippen molar-refractivity contribution in [1.82, 2.24) is 15.3 Å². The van der Waals surface area contributed by atoms with Gasteiger partial charge in [-0.3, -0.25) is 4.79 Å². The number of carbonyl (C=O) groups excluding carboxylic acids is 1. The summed E-state index contributed by atoms with van der Waals surface area (Å²) in [6.45, 7) is 2.75. The highest BCUT2D eigenvalue weighted by molar-refractivity contribution is 5.97. The number of anilines is 1. The molecular formula is C25H24F2N4O2. The number of aromatic nitrogens is 2. The Morgan fingerprint density at radius 3 is 2.94 bits per heavy atom. The van der Waals surface area contributed by atoms with Crippen molar-refractivity contribution in [3.05, 3.63) is 71.6 Å². The number of ketones is 1. The zero-order valence-electron chi connectivity index (χ0n) is 18.2. The fraction of sp³-hybridized carbons (Fsp3) is 0.320. The fourth-order valence-corrected chi connectivity index (χ4v) is 4.91. The first kappa shape index (κ1) is 21.5. The van der Waals surface area contributed by atoms with Crippen LogP contribution in [-0.2, 0) is 6.42 Å². The van der Waals surface area contributed by atoms with Gasteiger partial charge >= 0.3 is 0 Å². The summed E-state index contributed by atoms with van der Waals surface area (Å²) in [5.41, 5.74) is 1.74. The van der Waals surface area contributed by atoms with Crippen molar-refractivity contribution in [3.63, 3.8) is 0 Å². The highest BCUT2D eigenvalue weighted by Gasteiger charge is 2.38.